The molecule has 0 aliphatic heterocycles. The molecule has 0 saturated heterocycles. The molecule has 0 aliphatic rings. The number of pyridine rings is 1. The maximum atomic E-state index is 11.6. The van der Waals surface area contributed by atoms with Crippen LogP contribution >= 0.6 is 0 Å². The molecule has 0 radical (unpaired) electrons. The van der Waals surface area contributed by atoms with Crippen LogP contribution in [0.1, 0.15) is 23.0 Å². The molecule has 17 heavy (non-hydrogen) atoms. The van der Waals surface area contributed by atoms with Crippen molar-refractivity contribution in [3.63, 3.8) is 0 Å². The number of esters is 1. The maximum absolute atomic E-state index is 11.6. The number of H-pyrrole nitrogens is 1. The fraction of sp³-hybridized carbons (Fsp3) is 0.250. The molecule has 0 atom stereocenters. The van der Waals surface area contributed by atoms with Gasteiger partial charge in [0.25, 0.3) is 0 Å². The van der Waals surface area contributed by atoms with Crippen LogP contribution in [-0.4, -0.2) is 27.8 Å². The van der Waals surface area contributed by atoms with Gasteiger partial charge < -0.3 is 4.74 Å². The van der Waals surface area contributed by atoms with E-state index in [0.29, 0.717) is 12.3 Å². The average Bonchev–Trinajstić information content (AvgIpc) is 2.72. The van der Waals surface area contributed by atoms with E-state index in [1.54, 1.807) is 19.3 Å². The van der Waals surface area contributed by atoms with Crippen molar-refractivity contribution < 1.29 is 9.53 Å². The van der Waals surface area contributed by atoms with Gasteiger partial charge in [-0.3, -0.25) is 10.1 Å². The molecule has 0 amide bonds. The lowest BCUT2D eigenvalue weighted by Gasteiger charge is -2.00. The second-order valence-corrected chi connectivity index (χ2v) is 3.53. The summed E-state index contributed by atoms with van der Waals surface area (Å²) in [7, 11) is 0. The van der Waals surface area contributed by atoms with E-state index in [2.05, 4.69) is 15.2 Å². The third-order valence-electron chi connectivity index (χ3n) is 2.44. The van der Waals surface area contributed by atoms with Crippen LogP contribution in [0.2, 0.25) is 0 Å². The number of nitrogens with one attached hydrogen (secondary N) is 1. The molecule has 1 N–H and O–H groups in total. The van der Waals surface area contributed by atoms with Gasteiger partial charge in [0.15, 0.2) is 0 Å². The summed E-state index contributed by atoms with van der Waals surface area (Å²) in [6, 6.07) is 3.69. The van der Waals surface area contributed by atoms with Gasteiger partial charge in [0.1, 0.15) is 5.69 Å². The first-order valence-corrected chi connectivity index (χ1v) is 5.36. The van der Waals surface area contributed by atoms with Gasteiger partial charge in [-0.15, -0.1) is 0 Å². The molecule has 88 valence electrons. The summed E-state index contributed by atoms with van der Waals surface area (Å²) < 4.78 is 4.94. The predicted molar refractivity (Wildman–Crippen MR) is 62.5 cm³/mol. The zero-order chi connectivity index (χ0) is 12.3. The van der Waals surface area contributed by atoms with Crippen molar-refractivity contribution in [1.29, 1.82) is 0 Å². The maximum Gasteiger partial charge on any atom is 0.356 e. The van der Waals surface area contributed by atoms with Crippen molar-refractivity contribution in [2.75, 3.05) is 6.61 Å². The first-order valence-electron chi connectivity index (χ1n) is 5.36. The molecule has 0 aliphatic carbocycles. The van der Waals surface area contributed by atoms with E-state index in [-0.39, 0.29) is 5.97 Å². The summed E-state index contributed by atoms with van der Waals surface area (Å²) in [6.45, 7) is 3.96. The predicted octanol–water partition coefficient (Wildman–Crippen LogP) is 1.96. The average molecular weight is 231 g/mol. The highest BCUT2D eigenvalue weighted by Crippen LogP contribution is 2.22. The van der Waals surface area contributed by atoms with E-state index in [9.17, 15) is 4.79 Å². The van der Waals surface area contributed by atoms with Crippen molar-refractivity contribution >= 4 is 5.97 Å². The van der Waals surface area contributed by atoms with Crippen molar-refractivity contribution in [2.24, 2.45) is 0 Å². The number of aromatic amines is 1. The van der Waals surface area contributed by atoms with Crippen LogP contribution in [0, 0.1) is 6.92 Å². The molecule has 2 rings (SSSR count). The van der Waals surface area contributed by atoms with Crippen molar-refractivity contribution in [3.8, 4) is 11.3 Å². The fourth-order valence-electron chi connectivity index (χ4n) is 1.59. The Morgan fingerprint density at radius 2 is 2.12 bits per heavy atom. The second kappa shape index (κ2) is 4.78. The third kappa shape index (κ3) is 2.18. The highest BCUT2D eigenvalue weighted by molar-refractivity contribution is 5.90. The van der Waals surface area contributed by atoms with Crippen molar-refractivity contribution in [2.45, 2.75) is 13.8 Å². The number of nitrogens with zero attached hydrogens (tertiary/aromatic N) is 2. The first kappa shape index (κ1) is 11.3. The van der Waals surface area contributed by atoms with Gasteiger partial charge >= 0.3 is 5.97 Å². The minimum atomic E-state index is -0.377. The van der Waals surface area contributed by atoms with Gasteiger partial charge in [-0.25, -0.2) is 4.79 Å². The van der Waals surface area contributed by atoms with Crippen LogP contribution in [0.4, 0.5) is 0 Å². The van der Waals surface area contributed by atoms with Crippen LogP contribution in [0.5, 0.6) is 0 Å². The van der Waals surface area contributed by atoms with Gasteiger partial charge in [0.2, 0.25) is 0 Å². The molecule has 5 heteroatoms. The minimum absolute atomic E-state index is 0.349. The molecular formula is C12H13N3O2. The second-order valence-electron chi connectivity index (χ2n) is 3.53. The normalized spacial score (nSPS) is 10.2. The van der Waals surface area contributed by atoms with E-state index >= 15 is 0 Å². The summed E-state index contributed by atoms with van der Waals surface area (Å²) in [5, 5.41) is 6.85. The van der Waals surface area contributed by atoms with Crippen LogP contribution in [-0.2, 0) is 4.74 Å². The van der Waals surface area contributed by atoms with E-state index in [1.807, 2.05) is 19.1 Å². The molecule has 0 saturated carbocycles. The number of ether oxygens (including phenoxy) is 1. The molecular weight excluding hydrogens is 218 g/mol. The molecule has 0 bridgehead atoms. The van der Waals surface area contributed by atoms with Crippen LogP contribution < -0.4 is 0 Å². The summed E-state index contributed by atoms with van der Waals surface area (Å²) in [4.78, 5) is 15.5. The standard InChI is InChI=1S/C12H13N3O2/c1-3-17-12(16)11-8(2)10(14-15-11)9-4-6-13-7-5-9/h4-7H,3H2,1-2H3,(H,14,15). The SMILES string of the molecule is CCOC(=O)c1[nH]nc(-c2ccncc2)c1C. The number of carbonyl (C=O) groups is 1. The molecule has 2 aromatic heterocycles. The lowest BCUT2D eigenvalue weighted by Crippen LogP contribution is -2.06. The lowest BCUT2D eigenvalue weighted by molar-refractivity contribution is 0.0518. The lowest BCUT2D eigenvalue weighted by atomic mass is 10.1. The van der Waals surface area contributed by atoms with Gasteiger partial charge in [-0.1, -0.05) is 0 Å². The quantitative estimate of drug-likeness (QED) is 0.820. The Hall–Kier alpha value is -2.17. The van der Waals surface area contributed by atoms with E-state index in [4.69, 9.17) is 4.74 Å². The van der Waals surface area contributed by atoms with Gasteiger partial charge in [-0.2, -0.15) is 5.10 Å². The smallest absolute Gasteiger partial charge is 0.356 e. The Morgan fingerprint density at radius 1 is 1.41 bits per heavy atom. The monoisotopic (exact) mass is 231 g/mol. The first-order chi connectivity index (χ1) is 8.24. The van der Waals surface area contributed by atoms with Crippen LogP contribution in [0.3, 0.4) is 0 Å². The molecule has 0 unspecified atom stereocenters. The topological polar surface area (TPSA) is 67.9 Å². The Morgan fingerprint density at radius 3 is 2.76 bits per heavy atom. The highest BCUT2D eigenvalue weighted by Gasteiger charge is 2.17. The van der Waals surface area contributed by atoms with E-state index < -0.39 is 0 Å². The highest BCUT2D eigenvalue weighted by atomic mass is 16.5. The Kier molecular flexibility index (Phi) is 3.18. The molecule has 5 nitrogen and oxygen atoms in total. The van der Waals surface area contributed by atoms with Gasteiger partial charge in [0, 0.05) is 23.5 Å². The van der Waals surface area contributed by atoms with E-state index in [1.165, 1.54) is 0 Å². The summed E-state index contributed by atoms with van der Waals surface area (Å²) in [5.41, 5.74) is 2.85. The van der Waals surface area contributed by atoms with Crippen LogP contribution in [0.15, 0.2) is 24.5 Å². The zero-order valence-corrected chi connectivity index (χ0v) is 9.73. The number of aromatic nitrogens is 3. The Labute approximate surface area is 98.8 Å². The van der Waals surface area contributed by atoms with Gasteiger partial charge in [0.05, 0.1) is 12.3 Å². The minimum Gasteiger partial charge on any atom is -0.461 e. The zero-order valence-electron chi connectivity index (χ0n) is 9.73. The van der Waals surface area contributed by atoms with Gasteiger partial charge in [-0.05, 0) is 26.0 Å². The largest absolute Gasteiger partial charge is 0.461 e. The Balaban J connectivity index is 2.37. The number of rotatable bonds is 3. The molecule has 0 fully saturated rings. The van der Waals surface area contributed by atoms with Crippen LogP contribution in [0.25, 0.3) is 11.3 Å². The van der Waals surface area contributed by atoms with E-state index in [0.717, 1.165) is 16.8 Å². The Bertz CT molecular complexity index is 520. The molecule has 0 spiro atoms. The van der Waals surface area contributed by atoms with Crippen molar-refractivity contribution in [1.82, 2.24) is 15.2 Å². The van der Waals surface area contributed by atoms with Crippen molar-refractivity contribution in [3.05, 3.63) is 35.8 Å². The molecule has 0 aromatic carbocycles. The molecule has 2 heterocycles. The number of hydrogen-bond donors (Lipinski definition) is 1. The third-order valence-corrected chi connectivity index (χ3v) is 2.44. The summed E-state index contributed by atoms with van der Waals surface area (Å²) >= 11 is 0. The number of hydrogen-bond acceptors (Lipinski definition) is 4. The number of carbonyl (C=O) groups excluding carboxylic acids is 1. The summed E-state index contributed by atoms with van der Waals surface area (Å²) in [5.74, 6) is -0.377. The fourth-order valence-corrected chi connectivity index (χ4v) is 1.59. The molecule has 2 aromatic rings. The summed E-state index contributed by atoms with van der Waals surface area (Å²) in [6.07, 6.45) is 3.38.